The molecule has 0 heterocycles. The van der Waals surface area contributed by atoms with Crippen LogP contribution in [0.5, 0.6) is 0 Å². The topological polar surface area (TPSA) is 132 Å². The van der Waals surface area contributed by atoms with Gasteiger partial charge in [0.15, 0.2) is 6.10 Å². The van der Waals surface area contributed by atoms with Crippen molar-refractivity contribution in [2.75, 3.05) is 26.4 Å². The predicted molar refractivity (Wildman–Crippen MR) is 177 cm³/mol. The third-order valence-electron chi connectivity index (χ3n) is 7.66. The summed E-state index contributed by atoms with van der Waals surface area (Å²) in [5, 5.41) is 18.2. The molecule has 0 fully saturated rings. The molecule has 0 amide bonds. The van der Waals surface area contributed by atoms with E-state index >= 15 is 0 Å². The van der Waals surface area contributed by atoms with E-state index in [9.17, 15) is 19.6 Å². The molecular weight excluding hydrogens is 583 g/mol. The number of carbonyl (C=O) groups is 2. The highest BCUT2D eigenvalue weighted by atomic mass is 31.2. The van der Waals surface area contributed by atoms with Crippen molar-refractivity contribution in [1.82, 2.24) is 0 Å². The first kappa shape index (κ1) is 43.2. The van der Waals surface area contributed by atoms with Gasteiger partial charge in [-0.15, -0.1) is 0 Å². The van der Waals surface area contributed by atoms with Gasteiger partial charge in [0, 0.05) is 12.8 Å². The number of hydrogen-bond acceptors (Lipinski definition) is 9. The van der Waals surface area contributed by atoms with Crippen molar-refractivity contribution in [2.24, 2.45) is 0 Å². The second-order valence-corrected chi connectivity index (χ2v) is 13.0. The Morgan fingerprint density at radius 3 is 1.39 bits per heavy atom. The first-order valence-electron chi connectivity index (χ1n) is 17.8. The Morgan fingerprint density at radius 2 is 0.955 bits per heavy atom. The molecule has 0 spiro atoms. The molecule has 0 radical (unpaired) electrons. The molecule has 0 bridgehead atoms. The van der Waals surface area contributed by atoms with Crippen molar-refractivity contribution in [2.45, 2.75) is 180 Å². The summed E-state index contributed by atoms with van der Waals surface area (Å²) < 4.78 is 21.1. The van der Waals surface area contributed by atoms with E-state index in [-0.39, 0.29) is 32.2 Å². The largest absolute Gasteiger partial charge is 0.462 e. The van der Waals surface area contributed by atoms with Gasteiger partial charge in [0.05, 0.1) is 19.8 Å². The molecule has 3 N–H and O–H groups in total. The van der Waals surface area contributed by atoms with E-state index in [1.165, 1.54) is 103 Å². The molecule has 10 heteroatoms. The van der Waals surface area contributed by atoms with Gasteiger partial charge in [-0.3, -0.25) is 9.59 Å². The minimum Gasteiger partial charge on any atom is -0.462 e. The molecule has 3 unspecified atom stereocenters. The smallest absolute Gasteiger partial charge is 0.330 e. The molecular formula is C34H67O9P. The normalized spacial score (nSPS) is 13.5. The second-order valence-electron chi connectivity index (χ2n) is 12.0. The Morgan fingerprint density at radius 1 is 0.568 bits per heavy atom. The minimum atomic E-state index is -2.35. The first-order chi connectivity index (χ1) is 21.4. The average Bonchev–Trinajstić information content (AvgIpc) is 3.02. The lowest BCUT2D eigenvalue weighted by atomic mass is 10.1. The van der Waals surface area contributed by atoms with Crippen LogP contribution in [0.25, 0.3) is 0 Å². The summed E-state index contributed by atoms with van der Waals surface area (Å²) in [6.45, 7) is 3.29. The fourth-order valence-electron chi connectivity index (χ4n) is 4.87. The molecule has 3 atom stereocenters. The zero-order valence-electron chi connectivity index (χ0n) is 28.2. The van der Waals surface area contributed by atoms with Crippen LogP contribution in [0.15, 0.2) is 0 Å². The number of hydrogen-bond donors (Lipinski definition) is 3. The fourth-order valence-corrected chi connectivity index (χ4v) is 5.54. The van der Waals surface area contributed by atoms with E-state index in [2.05, 4.69) is 13.8 Å². The Bertz CT molecular complexity index is 638. The lowest BCUT2D eigenvalue weighted by Crippen LogP contribution is -2.29. The van der Waals surface area contributed by atoms with E-state index in [0.29, 0.717) is 6.42 Å². The van der Waals surface area contributed by atoms with Gasteiger partial charge in [-0.25, -0.2) is 0 Å². The Hall–Kier alpha value is -0.830. The summed E-state index contributed by atoms with van der Waals surface area (Å²) >= 11 is 0. The highest BCUT2D eigenvalue weighted by Crippen LogP contribution is 2.33. The maximum absolute atomic E-state index is 12.5. The van der Waals surface area contributed by atoms with Crippen molar-refractivity contribution in [3.63, 3.8) is 0 Å². The first-order valence-corrected chi connectivity index (χ1v) is 18.9. The van der Waals surface area contributed by atoms with E-state index in [1.54, 1.807) is 0 Å². The molecule has 9 nitrogen and oxygen atoms in total. The van der Waals surface area contributed by atoms with Gasteiger partial charge in [-0.2, -0.15) is 0 Å². The van der Waals surface area contributed by atoms with Crippen molar-refractivity contribution in [1.29, 1.82) is 0 Å². The zero-order valence-corrected chi connectivity index (χ0v) is 29.1. The zero-order chi connectivity index (χ0) is 32.5. The average molecular weight is 651 g/mol. The predicted octanol–water partition coefficient (Wildman–Crippen LogP) is 8.45. The monoisotopic (exact) mass is 650 g/mol. The SMILES string of the molecule is CCCCCCCCCCCCCC(=O)OCC(COP(O)OCC(O)CO)OC(=O)CCCCCCCCCCCCC. The highest BCUT2D eigenvalue weighted by Gasteiger charge is 2.20. The van der Waals surface area contributed by atoms with Crippen molar-refractivity contribution >= 4 is 20.5 Å². The van der Waals surface area contributed by atoms with Crippen LogP contribution in [-0.4, -0.2) is 65.7 Å². The maximum atomic E-state index is 12.5. The molecule has 0 aliphatic carbocycles. The third-order valence-corrected chi connectivity index (χ3v) is 8.40. The highest BCUT2D eigenvalue weighted by molar-refractivity contribution is 7.40. The van der Waals surface area contributed by atoms with Gasteiger partial charge in [0.25, 0.3) is 0 Å². The lowest BCUT2D eigenvalue weighted by molar-refractivity contribution is -0.161. The van der Waals surface area contributed by atoms with Crippen LogP contribution in [-0.2, 0) is 28.1 Å². The number of unbranched alkanes of at least 4 members (excludes halogenated alkanes) is 20. The molecule has 0 aromatic carbocycles. The van der Waals surface area contributed by atoms with Gasteiger partial charge >= 0.3 is 20.5 Å². The van der Waals surface area contributed by atoms with Gasteiger partial charge in [-0.1, -0.05) is 142 Å². The van der Waals surface area contributed by atoms with Crippen molar-refractivity contribution < 1.29 is 43.2 Å². The molecule has 0 saturated heterocycles. The van der Waals surface area contributed by atoms with Crippen molar-refractivity contribution in [3.8, 4) is 0 Å². The van der Waals surface area contributed by atoms with E-state index < -0.39 is 33.4 Å². The van der Waals surface area contributed by atoms with Gasteiger partial charge in [0.2, 0.25) is 0 Å². The molecule has 0 rings (SSSR count). The molecule has 0 aromatic heterocycles. The van der Waals surface area contributed by atoms with Gasteiger partial charge < -0.3 is 33.6 Å². The standard InChI is InChI=1S/C34H67O9P/c1-3-5-7-9-11-13-15-17-19-21-23-25-33(37)40-29-32(30-42-44(39)41-28-31(36)27-35)43-34(38)26-24-22-20-18-16-14-12-10-8-6-4-2/h31-32,35-36,39H,3-30H2,1-2H3. The lowest BCUT2D eigenvalue weighted by Gasteiger charge is -2.20. The fraction of sp³-hybridized carbons (Fsp3) is 0.941. The summed E-state index contributed by atoms with van der Waals surface area (Å²) in [4.78, 5) is 34.7. The van der Waals surface area contributed by atoms with Crippen LogP contribution < -0.4 is 0 Å². The van der Waals surface area contributed by atoms with Crippen molar-refractivity contribution in [3.05, 3.63) is 0 Å². The maximum Gasteiger partial charge on any atom is 0.330 e. The number of aliphatic hydroxyl groups excluding tert-OH is 2. The van der Waals surface area contributed by atoms with Crippen LogP contribution in [0.4, 0.5) is 0 Å². The second kappa shape index (κ2) is 33.5. The van der Waals surface area contributed by atoms with Gasteiger partial charge in [0.1, 0.15) is 12.7 Å². The van der Waals surface area contributed by atoms with Crippen LogP contribution in [0.2, 0.25) is 0 Å². The van der Waals surface area contributed by atoms with Crippen LogP contribution in [0.3, 0.4) is 0 Å². The van der Waals surface area contributed by atoms with Gasteiger partial charge in [-0.05, 0) is 12.8 Å². The summed E-state index contributed by atoms with van der Waals surface area (Å²) in [5.74, 6) is -0.740. The van der Waals surface area contributed by atoms with E-state index in [0.717, 1.165) is 38.5 Å². The van der Waals surface area contributed by atoms with E-state index in [4.69, 9.17) is 23.6 Å². The number of aliphatic hydroxyl groups is 2. The molecule has 44 heavy (non-hydrogen) atoms. The number of rotatable bonds is 34. The summed E-state index contributed by atoms with van der Waals surface area (Å²) in [6, 6.07) is 0. The number of esters is 2. The Kier molecular flexibility index (Phi) is 32.9. The number of ether oxygens (including phenoxy) is 2. The summed E-state index contributed by atoms with van der Waals surface area (Å²) in [7, 11) is -2.35. The quantitative estimate of drug-likeness (QED) is 0.0356. The van der Waals surface area contributed by atoms with Crippen LogP contribution >= 0.6 is 8.60 Å². The van der Waals surface area contributed by atoms with Crippen LogP contribution in [0.1, 0.15) is 168 Å². The Balaban J connectivity index is 4.25. The molecule has 262 valence electrons. The number of carbonyl (C=O) groups excluding carboxylic acids is 2. The van der Waals surface area contributed by atoms with E-state index in [1.807, 2.05) is 0 Å². The molecule has 0 aliphatic rings. The summed E-state index contributed by atoms with van der Waals surface area (Å²) in [6.07, 6.45) is 24.8. The molecule has 0 aliphatic heterocycles. The summed E-state index contributed by atoms with van der Waals surface area (Å²) in [5.41, 5.74) is 0. The Labute approximate surface area is 270 Å². The van der Waals surface area contributed by atoms with Crippen LogP contribution in [0, 0.1) is 0 Å². The minimum absolute atomic E-state index is 0.163. The molecule has 0 aromatic rings. The molecule has 0 saturated carbocycles. The third kappa shape index (κ3) is 31.2.